The first-order valence-electron chi connectivity index (χ1n) is 9.68. The van der Waals surface area contributed by atoms with Crippen LogP contribution in [0.25, 0.3) is 0 Å². The summed E-state index contributed by atoms with van der Waals surface area (Å²) in [6, 6.07) is 1.76. The fraction of sp³-hybridized carbons (Fsp3) is 1.00. The SMILES string of the molecule is CCN(CC1(CNC2CC2)CCCC(C)C1)C1CCCC1. The third-order valence-corrected chi connectivity index (χ3v) is 6.31. The monoisotopic (exact) mass is 292 g/mol. The number of rotatable bonds is 7. The highest BCUT2D eigenvalue weighted by atomic mass is 15.2. The minimum absolute atomic E-state index is 0.568. The second-order valence-corrected chi connectivity index (χ2v) is 8.36. The summed E-state index contributed by atoms with van der Waals surface area (Å²) in [6.45, 7) is 8.76. The normalized spacial score (nSPS) is 34.7. The van der Waals surface area contributed by atoms with E-state index >= 15 is 0 Å². The van der Waals surface area contributed by atoms with E-state index in [-0.39, 0.29) is 0 Å². The smallest absolute Gasteiger partial charge is 0.00953 e. The van der Waals surface area contributed by atoms with Crippen LogP contribution >= 0.6 is 0 Å². The molecule has 1 N–H and O–H groups in total. The Balaban J connectivity index is 1.63. The van der Waals surface area contributed by atoms with Gasteiger partial charge in [-0.3, -0.25) is 0 Å². The van der Waals surface area contributed by atoms with Crippen LogP contribution in [0.15, 0.2) is 0 Å². The minimum atomic E-state index is 0.568. The van der Waals surface area contributed by atoms with Gasteiger partial charge in [-0.1, -0.05) is 39.5 Å². The Morgan fingerprint density at radius 3 is 2.43 bits per heavy atom. The fourth-order valence-electron chi connectivity index (χ4n) is 4.98. The minimum Gasteiger partial charge on any atom is -0.313 e. The fourth-order valence-corrected chi connectivity index (χ4v) is 4.98. The first-order chi connectivity index (χ1) is 10.2. The first-order valence-corrected chi connectivity index (χ1v) is 9.68. The van der Waals surface area contributed by atoms with Crippen molar-refractivity contribution in [2.75, 3.05) is 19.6 Å². The van der Waals surface area contributed by atoms with Crippen LogP contribution < -0.4 is 5.32 Å². The van der Waals surface area contributed by atoms with Gasteiger partial charge in [-0.15, -0.1) is 0 Å². The Bertz CT molecular complexity index is 320. The highest BCUT2D eigenvalue weighted by Gasteiger charge is 2.39. The third-order valence-electron chi connectivity index (χ3n) is 6.31. The Morgan fingerprint density at radius 2 is 1.81 bits per heavy atom. The van der Waals surface area contributed by atoms with Crippen LogP contribution in [0.4, 0.5) is 0 Å². The molecule has 0 aliphatic heterocycles. The van der Waals surface area contributed by atoms with Gasteiger partial charge < -0.3 is 10.2 Å². The lowest BCUT2D eigenvalue weighted by molar-refractivity contribution is 0.0611. The van der Waals surface area contributed by atoms with Gasteiger partial charge in [0.1, 0.15) is 0 Å². The lowest BCUT2D eigenvalue weighted by Gasteiger charge is -2.45. The molecule has 0 heterocycles. The Morgan fingerprint density at radius 1 is 1.05 bits per heavy atom. The molecule has 0 radical (unpaired) electrons. The van der Waals surface area contributed by atoms with Crippen LogP contribution in [0.3, 0.4) is 0 Å². The summed E-state index contributed by atoms with van der Waals surface area (Å²) in [5.74, 6) is 0.932. The number of nitrogens with one attached hydrogen (secondary N) is 1. The maximum atomic E-state index is 3.88. The molecule has 3 rings (SSSR count). The van der Waals surface area contributed by atoms with E-state index in [1.54, 1.807) is 0 Å². The van der Waals surface area contributed by atoms with Crippen LogP contribution in [0.2, 0.25) is 0 Å². The molecule has 0 amide bonds. The average molecular weight is 293 g/mol. The molecule has 2 nitrogen and oxygen atoms in total. The van der Waals surface area contributed by atoms with Crippen molar-refractivity contribution in [3.8, 4) is 0 Å². The van der Waals surface area contributed by atoms with Crippen molar-refractivity contribution in [3.63, 3.8) is 0 Å². The zero-order valence-corrected chi connectivity index (χ0v) is 14.4. The van der Waals surface area contributed by atoms with Crippen LogP contribution in [0.1, 0.15) is 78.1 Å². The predicted molar refractivity (Wildman–Crippen MR) is 90.6 cm³/mol. The molecule has 3 aliphatic carbocycles. The van der Waals surface area contributed by atoms with Crippen LogP contribution in [0.5, 0.6) is 0 Å². The van der Waals surface area contributed by atoms with Gasteiger partial charge in [0.2, 0.25) is 0 Å². The second kappa shape index (κ2) is 7.00. The molecule has 122 valence electrons. The molecule has 3 saturated carbocycles. The van der Waals surface area contributed by atoms with Crippen molar-refractivity contribution in [1.29, 1.82) is 0 Å². The van der Waals surface area contributed by atoms with Gasteiger partial charge in [0.25, 0.3) is 0 Å². The van der Waals surface area contributed by atoms with Crippen LogP contribution in [0, 0.1) is 11.3 Å². The van der Waals surface area contributed by atoms with Crippen molar-refractivity contribution in [1.82, 2.24) is 10.2 Å². The number of hydrogen-bond donors (Lipinski definition) is 1. The van der Waals surface area contributed by atoms with Gasteiger partial charge >= 0.3 is 0 Å². The van der Waals surface area contributed by atoms with Crippen LogP contribution in [-0.2, 0) is 0 Å². The van der Waals surface area contributed by atoms with Crippen molar-refractivity contribution >= 4 is 0 Å². The van der Waals surface area contributed by atoms with Gasteiger partial charge in [0, 0.05) is 25.2 Å². The zero-order valence-electron chi connectivity index (χ0n) is 14.4. The maximum Gasteiger partial charge on any atom is 0.00953 e. The van der Waals surface area contributed by atoms with E-state index in [4.69, 9.17) is 0 Å². The Kier molecular flexibility index (Phi) is 5.27. The van der Waals surface area contributed by atoms with Crippen molar-refractivity contribution in [2.24, 2.45) is 11.3 Å². The molecule has 0 aromatic heterocycles. The summed E-state index contributed by atoms with van der Waals surface area (Å²) in [4.78, 5) is 2.85. The first kappa shape index (κ1) is 15.8. The van der Waals surface area contributed by atoms with E-state index in [9.17, 15) is 0 Å². The van der Waals surface area contributed by atoms with Crippen molar-refractivity contribution in [2.45, 2.75) is 90.1 Å². The number of hydrogen-bond acceptors (Lipinski definition) is 2. The van der Waals surface area contributed by atoms with Gasteiger partial charge in [0.05, 0.1) is 0 Å². The molecule has 21 heavy (non-hydrogen) atoms. The molecule has 0 bridgehead atoms. The summed E-state index contributed by atoms with van der Waals surface area (Å²) in [5.41, 5.74) is 0.568. The molecular weight excluding hydrogens is 256 g/mol. The van der Waals surface area contributed by atoms with E-state index < -0.39 is 0 Å². The average Bonchev–Trinajstić information content (AvgIpc) is 3.16. The molecule has 0 spiro atoms. The summed E-state index contributed by atoms with van der Waals surface area (Å²) in [7, 11) is 0. The van der Waals surface area contributed by atoms with Gasteiger partial charge in [0.15, 0.2) is 0 Å². The van der Waals surface area contributed by atoms with Crippen LogP contribution in [-0.4, -0.2) is 36.6 Å². The Hall–Kier alpha value is -0.0800. The predicted octanol–water partition coefficient (Wildman–Crippen LogP) is 4.20. The van der Waals surface area contributed by atoms with E-state index in [0.717, 1.165) is 18.0 Å². The molecule has 0 saturated heterocycles. The van der Waals surface area contributed by atoms with Gasteiger partial charge in [-0.05, 0) is 56.4 Å². The third kappa shape index (κ3) is 4.22. The van der Waals surface area contributed by atoms with Crippen molar-refractivity contribution in [3.05, 3.63) is 0 Å². The summed E-state index contributed by atoms with van der Waals surface area (Å²) in [5, 5.41) is 3.88. The molecule has 0 aromatic carbocycles. The van der Waals surface area contributed by atoms with E-state index in [1.165, 1.54) is 83.8 Å². The van der Waals surface area contributed by atoms with E-state index in [2.05, 4.69) is 24.1 Å². The maximum absolute atomic E-state index is 3.88. The van der Waals surface area contributed by atoms with Gasteiger partial charge in [-0.25, -0.2) is 0 Å². The molecule has 2 atom stereocenters. The highest BCUT2D eigenvalue weighted by Crippen LogP contribution is 2.41. The second-order valence-electron chi connectivity index (χ2n) is 8.36. The molecule has 2 unspecified atom stereocenters. The molecule has 3 aliphatic rings. The standard InChI is InChI=1S/C19H36N2/c1-3-21(18-8-4-5-9-18)15-19(14-20-17-10-11-17)12-6-7-16(2)13-19/h16-18,20H,3-15H2,1-2H3. The summed E-state index contributed by atoms with van der Waals surface area (Å²) < 4.78 is 0. The highest BCUT2D eigenvalue weighted by molar-refractivity contribution is 4.94. The van der Waals surface area contributed by atoms with E-state index in [0.29, 0.717) is 5.41 Å². The molecular formula is C19H36N2. The largest absolute Gasteiger partial charge is 0.313 e. The lowest BCUT2D eigenvalue weighted by atomic mass is 9.69. The Labute approximate surface area is 132 Å². The van der Waals surface area contributed by atoms with Crippen molar-refractivity contribution < 1.29 is 0 Å². The quantitative estimate of drug-likeness (QED) is 0.756. The lowest BCUT2D eigenvalue weighted by Crippen LogP contribution is -2.49. The molecule has 3 fully saturated rings. The topological polar surface area (TPSA) is 15.3 Å². The summed E-state index contributed by atoms with van der Waals surface area (Å²) in [6.07, 6.45) is 14.5. The molecule has 0 aromatic rings. The molecule has 2 heteroatoms. The summed E-state index contributed by atoms with van der Waals surface area (Å²) >= 11 is 0. The van der Waals surface area contributed by atoms with E-state index in [1.807, 2.05) is 0 Å². The number of nitrogens with zero attached hydrogens (tertiary/aromatic N) is 1. The van der Waals surface area contributed by atoms with Gasteiger partial charge in [-0.2, -0.15) is 0 Å². The zero-order chi connectivity index (χ0) is 14.7.